The molecule has 2 fully saturated rings. The average Bonchev–Trinajstić information content (AvgIpc) is 2.52. The maximum Gasteiger partial charge on any atom is 0.309 e. The van der Waals surface area contributed by atoms with Crippen molar-refractivity contribution >= 4 is 11.8 Å². The molecule has 1 unspecified atom stereocenters. The molecule has 3 atom stereocenters. The van der Waals surface area contributed by atoms with Gasteiger partial charge in [-0.15, -0.1) is 0 Å². The van der Waals surface area contributed by atoms with Gasteiger partial charge < -0.3 is 4.74 Å². The van der Waals surface area contributed by atoms with Gasteiger partial charge in [-0.2, -0.15) is 0 Å². The molecule has 1 aromatic carbocycles. The van der Waals surface area contributed by atoms with E-state index in [0.717, 1.165) is 24.8 Å². The standard InChI is InChI=1S/C23H32O3/c1-14-9-19(23(3,4)5)10-15(2)20(14)13-26-22(25)18-11-16-7-6-8-17(12-18)21(16)24/h9-10,16-18H,6-8,11-13H2,1-5H3/t16-,17+,18?. The van der Waals surface area contributed by atoms with Crippen LogP contribution in [0, 0.1) is 31.6 Å². The van der Waals surface area contributed by atoms with Gasteiger partial charge in [0.05, 0.1) is 5.92 Å². The predicted octanol–water partition coefficient (Wildman–Crippen LogP) is 5.04. The second-order valence-electron chi connectivity index (χ2n) is 9.34. The molecule has 0 saturated heterocycles. The number of carbonyl (C=O) groups is 2. The number of carbonyl (C=O) groups excluding carboxylic acids is 2. The van der Waals surface area contributed by atoms with E-state index in [9.17, 15) is 9.59 Å². The molecule has 3 nitrogen and oxygen atoms in total. The van der Waals surface area contributed by atoms with Gasteiger partial charge in [0.25, 0.3) is 0 Å². The van der Waals surface area contributed by atoms with Crippen LogP contribution < -0.4 is 0 Å². The number of hydrogen-bond donors (Lipinski definition) is 0. The molecular formula is C23H32O3. The molecule has 142 valence electrons. The van der Waals surface area contributed by atoms with Crippen LogP contribution in [-0.4, -0.2) is 11.8 Å². The van der Waals surface area contributed by atoms with Crippen molar-refractivity contribution in [2.45, 2.75) is 78.7 Å². The Morgan fingerprint density at radius 1 is 1.08 bits per heavy atom. The number of ketones is 1. The molecule has 2 aliphatic rings. The molecule has 2 saturated carbocycles. The summed E-state index contributed by atoms with van der Waals surface area (Å²) in [6, 6.07) is 4.42. The van der Waals surface area contributed by atoms with Crippen LogP contribution in [0.15, 0.2) is 12.1 Å². The molecule has 0 heterocycles. The van der Waals surface area contributed by atoms with Crippen molar-refractivity contribution in [3.8, 4) is 0 Å². The summed E-state index contributed by atoms with van der Waals surface area (Å²) < 4.78 is 5.70. The minimum absolute atomic E-state index is 0.0922. The molecule has 2 bridgehead atoms. The van der Waals surface area contributed by atoms with Crippen molar-refractivity contribution in [1.82, 2.24) is 0 Å². The summed E-state index contributed by atoms with van der Waals surface area (Å²) in [6.07, 6.45) is 4.41. The Balaban J connectivity index is 1.66. The second kappa shape index (κ2) is 7.17. The van der Waals surface area contributed by atoms with Gasteiger partial charge in [0.1, 0.15) is 12.4 Å². The molecule has 26 heavy (non-hydrogen) atoms. The van der Waals surface area contributed by atoms with E-state index in [1.54, 1.807) is 0 Å². The van der Waals surface area contributed by atoms with Crippen LogP contribution in [0.5, 0.6) is 0 Å². The molecule has 0 N–H and O–H groups in total. The van der Waals surface area contributed by atoms with Crippen molar-refractivity contribution in [2.75, 3.05) is 0 Å². The zero-order chi connectivity index (χ0) is 19.1. The molecule has 0 amide bonds. The van der Waals surface area contributed by atoms with Crippen molar-refractivity contribution in [3.05, 3.63) is 34.4 Å². The number of ether oxygens (including phenoxy) is 1. The molecule has 0 aromatic heterocycles. The second-order valence-corrected chi connectivity index (χ2v) is 9.34. The molecule has 3 rings (SSSR count). The Kier molecular flexibility index (Phi) is 5.28. The molecule has 3 heteroatoms. The molecule has 2 aliphatic carbocycles. The molecule has 0 spiro atoms. The molecule has 0 radical (unpaired) electrons. The highest BCUT2D eigenvalue weighted by Crippen LogP contribution is 2.40. The SMILES string of the molecule is Cc1cc(C(C)(C)C)cc(C)c1COC(=O)C1C[C@H]2CCC[C@@H](C1)C2=O. The fraction of sp³-hybridized carbons (Fsp3) is 0.652. The number of benzene rings is 1. The van der Waals surface area contributed by atoms with Crippen molar-refractivity contribution in [3.63, 3.8) is 0 Å². The maximum atomic E-state index is 12.6. The fourth-order valence-corrected chi connectivity index (χ4v) is 4.59. The summed E-state index contributed by atoms with van der Waals surface area (Å²) in [4.78, 5) is 24.8. The first-order valence-electron chi connectivity index (χ1n) is 9.97. The zero-order valence-corrected chi connectivity index (χ0v) is 16.9. The van der Waals surface area contributed by atoms with Crippen LogP contribution in [-0.2, 0) is 26.3 Å². The molecular weight excluding hydrogens is 324 g/mol. The van der Waals surface area contributed by atoms with E-state index in [-0.39, 0.29) is 29.1 Å². The van der Waals surface area contributed by atoms with Gasteiger partial charge in [-0.25, -0.2) is 0 Å². The van der Waals surface area contributed by atoms with Gasteiger partial charge in [-0.1, -0.05) is 39.3 Å². The van der Waals surface area contributed by atoms with Gasteiger partial charge in [0.2, 0.25) is 0 Å². The van der Waals surface area contributed by atoms with Crippen molar-refractivity contribution < 1.29 is 14.3 Å². The van der Waals surface area contributed by atoms with Crippen LogP contribution >= 0.6 is 0 Å². The highest BCUT2D eigenvalue weighted by molar-refractivity contribution is 5.87. The largest absolute Gasteiger partial charge is 0.461 e. The van der Waals surface area contributed by atoms with E-state index in [1.807, 2.05) is 0 Å². The Morgan fingerprint density at radius 2 is 1.62 bits per heavy atom. The summed E-state index contributed by atoms with van der Waals surface area (Å²) in [5.41, 5.74) is 4.88. The van der Waals surface area contributed by atoms with E-state index in [0.29, 0.717) is 25.2 Å². The van der Waals surface area contributed by atoms with Crippen LogP contribution in [0.2, 0.25) is 0 Å². The smallest absolute Gasteiger partial charge is 0.309 e. The van der Waals surface area contributed by atoms with Gasteiger partial charge >= 0.3 is 5.97 Å². The van der Waals surface area contributed by atoms with Crippen molar-refractivity contribution in [1.29, 1.82) is 0 Å². The minimum atomic E-state index is -0.118. The summed E-state index contributed by atoms with van der Waals surface area (Å²) >= 11 is 0. The Hall–Kier alpha value is -1.64. The van der Waals surface area contributed by atoms with Crippen LogP contribution in [0.25, 0.3) is 0 Å². The number of fused-ring (bicyclic) bond motifs is 2. The van der Waals surface area contributed by atoms with E-state index in [4.69, 9.17) is 4.74 Å². The number of aryl methyl sites for hydroxylation is 2. The van der Waals surface area contributed by atoms with E-state index in [2.05, 4.69) is 46.8 Å². The topological polar surface area (TPSA) is 43.4 Å². The fourth-order valence-electron chi connectivity index (χ4n) is 4.59. The van der Waals surface area contributed by atoms with Gasteiger partial charge in [0.15, 0.2) is 0 Å². The average molecular weight is 357 g/mol. The van der Waals surface area contributed by atoms with Gasteiger partial charge in [-0.3, -0.25) is 9.59 Å². The van der Waals surface area contributed by atoms with Crippen LogP contribution in [0.4, 0.5) is 0 Å². The molecule has 0 aliphatic heterocycles. The highest BCUT2D eigenvalue weighted by Gasteiger charge is 2.41. The zero-order valence-electron chi connectivity index (χ0n) is 16.9. The third-order valence-corrected chi connectivity index (χ3v) is 6.30. The van der Waals surface area contributed by atoms with E-state index < -0.39 is 0 Å². The van der Waals surface area contributed by atoms with Gasteiger partial charge in [0, 0.05) is 11.8 Å². The Labute approximate surface area is 157 Å². The number of rotatable bonds is 3. The predicted molar refractivity (Wildman–Crippen MR) is 103 cm³/mol. The highest BCUT2D eigenvalue weighted by atomic mass is 16.5. The third-order valence-electron chi connectivity index (χ3n) is 6.30. The number of hydrogen-bond acceptors (Lipinski definition) is 3. The van der Waals surface area contributed by atoms with Crippen molar-refractivity contribution in [2.24, 2.45) is 17.8 Å². The Morgan fingerprint density at radius 3 is 2.12 bits per heavy atom. The third kappa shape index (κ3) is 3.87. The summed E-state index contributed by atoms with van der Waals surface area (Å²) in [5.74, 6) is 0.361. The first kappa shape index (κ1) is 19.1. The monoisotopic (exact) mass is 356 g/mol. The lowest BCUT2D eigenvalue weighted by atomic mass is 9.67. The first-order chi connectivity index (χ1) is 12.2. The van der Waals surface area contributed by atoms with Gasteiger partial charge in [-0.05, 0) is 67.2 Å². The summed E-state index contributed by atoms with van der Waals surface area (Å²) in [6.45, 7) is 11.2. The maximum absolute atomic E-state index is 12.6. The minimum Gasteiger partial charge on any atom is -0.461 e. The molecule has 1 aromatic rings. The first-order valence-corrected chi connectivity index (χ1v) is 9.97. The summed E-state index contributed by atoms with van der Waals surface area (Å²) in [7, 11) is 0. The number of Topliss-reactive ketones (excluding diaryl/α,β-unsaturated/α-hetero) is 1. The van der Waals surface area contributed by atoms with Crippen LogP contribution in [0.3, 0.4) is 0 Å². The summed E-state index contributed by atoms with van der Waals surface area (Å²) in [5, 5.41) is 0. The van der Waals surface area contributed by atoms with E-state index >= 15 is 0 Å². The lowest BCUT2D eigenvalue weighted by Gasteiger charge is -2.36. The number of esters is 1. The quantitative estimate of drug-likeness (QED) is 0.713. The van der Waals surface area contributed by atoms with Crippen LogP contribution in [0.1, 0.15) is 75.1 Å². The lowest BCUT2D eigenvalue weighted by molar-refractivity contribution is -0.154. The Bertz CT molecular complexity index is 672. The lowest BCUT2D eigenvalue weighted by Crippen LogP contribution is -2.39. The normalized spacial score (nSPS) is 25.9. The van der Waals surface area contributed by atoms with E-state index in [1.165, 1.54) is 16.7 Å².